The van der Waals surface area contributed by atoms with Gasteiger partial charge >= 0.3 is 0 Å². The maximum absolute atomic E-state index is 12.1. The highest BCUT2D eigenvalue weighted by atomic mass is 32.2. The van der Waals surface area contributed by atoms with Crippen LogP contribution < -0.4 is 10.1 Å². The minimum absolute atomic E-state index is 0.0234. The van der Waals surface area contributed by atoms with E-state index in [1.165, 1.54) is 17.3 Å². The predicted molar refractivity (Wildman–Crippen MR) is 112 cm³/mol. The summed E-state index contributed by atoms with van der Waals surface area (Å²) in [4.78, 5) is 12.1. The molecule has 3 rings (SSSR count). The van der Waals surface area contributed by atoms with Gasteiger partial charge in [-0.2, -0.15) is 5.10 Å². The van der Waals surface area contributed by atoms with Gasteiger partial charge in [-0.05, 0) is 62.6 Å². The van der Waals surface area contributed by atoms with Crippen molar-refractivity contribution in [3.05, 3.63) is 65.2 Å². The van der Waals surface area contributed by atoms with Crippen LogP contribution in [0.2, 0.25) is 0 Å². The second-order valence-electron chi connectivity index (χ2n) is 6.67. The molecule has 1 aliphatic rings. The van der Waals surface area contributed by atoms with E-state index in [9.17, 15) is 4.79 Å². The normalized spacial score (nSPS) is 18.4. The number of nitrogens with one attached hydrogen (secondary N) is 1. The van der Waals surface area contributed by atoms with Gasteiger partial charge in [-0.25, -0.2) is 0 Å². The molecule has 1 fully saturated rings. The van der Waals surface area contributed by atoms with Crippen molar-refractivity contribution >= 4 is 29.1 Å². The second-order valence-corrected chi connectivity index (χ2v) is 7.86. The summed E-state index contributed by atoms with van der Waals surface area (Å²) in [6, 6.07) is 15.9. The summed E-state index contributed by atoms with van der Waals surface area (Å²) in [6.45, 7) is 6.03. The first-order valence-electron chi connectivity index (χ1n) is 8.90. The van der Waals surface area contributed by atoms with Crippen LogP contribution in [0, 0.1) is 6.92 Å². The van der Waals surface area contributed by atoms with E-state index < -0.39 is 0 Å². The van der Waals surface area contributed by atoms with E-state index in [0.29, 0.717) is 11.6 Å². The first kappa shape index (κ1) is 19.2. The largest absolute Gasteiger partial charge is 0.491 e. The van der Waals surface area contributed by atoms with Gasteiger partial charge in [0.05, 0.1) is 17.6 Å². The first-order valence-corrected chi connectivity index (χ1v) is 9.78. The van der Waals surface area contributed by atoms with Crippen LogP contribution in [0.15, 0.2) is 58.7 Å². The summed E-state index contributed by atoms with van der Waals surface area (Å²) in [7, 11) is 0. The Balaban J connectivity index is 1.57. The average molecular weight is 382 g/mol. The summed E-state index contributed by atoms with van der Waals surface area (Å²) in [6.07, 6.45) is 2.48. The monoisotopic (exact) mass is 381 g/mol. The number of hydrogen-bond acceptors (Lipinski definition) is 5. The van der Waals surface area contributed by atoms with Crippen molar-refractivity contribution in [1.82, 2.24) is 5.32 Å². The van der Waals surface area contributed by atoms with Gasteiger partial charge in [0, 0.05) is 0 Å². The molecular formula is C21H23N3O2S. The topological polar surface area (TPSA) is 63.1 Å². The maximum atomic E-state index is 12.1. The van der Waals surface area contributed by atoms with Crippen molar-refractivity contribution in [2.75, 3.05) is 0 Å². The molecule has 140 valence electrons. The minimum atomic E-state index is -0.172. The third kappa shape index (κ3) is 5.69. The van der Waals surface area contributed by atoms with Crippen molar-refractivity contribution in [3.63, 3.8) is 0 Å². The summed E-state index contributed by atoms with van der Waals surface area (Å²) >= 11 is 1.42. The molecule has 0 aliphatic carbocycles. The van der Waals surface area contributed by atoms with Crippen LogP contribution in [0.4, 0.5) is 0 Å². The van der Waals surface area contributed by atoms with Gasteiger partial charge in [0.15, 0.2) is 5.17 Å². The lowest BCUT2D eigenvalue weighted by Crippen LogP contribution is -2.25. The Hall–Kier alpha value is -2.60. The van der Waals surface area contributed by atoms with Crippen molar-refractivity contribution in [3.8, 4) is 5.75 Å². The molecule has 1 amide bonds. The number of carbonyl (C=O) groups is 1. The standard InChI is InChI=1S/C21H23N3O2S/c1-14(2)26-18-10-8-17(9-11-18)13-22-24-21-23-20(25)19(27-21)12-16-6-4-15(3)5-7-16/h4-11,13-14,19H,12H2,1-3H3,(H,23,24,25)/b22-13-/t19-/m0/s1. The molecule has 27 heavy (non-hydrogen) atoms. The first-order chi connectivity index (χ1) is 13.0. The highest BCUT2D eigenvalue weighted by molar-refractivity contribution is 8.15. The van der Waals surface area contributed by atoms with E-state index in [1.54, 1.807) is 6.21 Å². The van der Waals surface area contributed by atoms with Gasteiger partial charge in [0.2, 0.25) is 5.91 Å². The van der Waals surface area contributed by atoms with E-state index in [-0.39, 0.29) is 17.3 Å². The molecule has 0 bridgehead atoms. The van der Waals surface area contributed by atoms with Gasteiger partial charge in [0.1, 0.15) is 5.75 Å². The van der Waals surface area contributed by atoms with Crippen LogP contribution in [0.3, 0.4) is 0 Å². The van der Waals surface area contributed by atoms with Crippen molar-refractivity contribution in [2.24, 2.45) is 10.2 Å². The third-order valence-electron chi connectivity index (χ3n) is 3.93. The zero-order valence-electron chi connectivity index (χ0n) is 15.7. The third-order valence-corrected chi connectivity index (χ3v) is 5.00. The molecule has 0 saturated carbocycles. The second kappa shape index (κ2) is 8.86. The Labute approximate surface area is 163 Å². The Kier molecular flexibility index (Phi) is 6.29. The highest BCUT2D eigenvalue weighted by Crippen LogP contribution is 2.23. The molecule has 5 nitrogen and oxygen atoms in total. The van der Waals surface area contributed by atoms with Crippen LogP contribution >= 0.6 is 11.8 Å². The number of nitrogens with zero attached hydrogens (tertiary/aromatic N) is 2. The number of hydrogen-bond donors (Lipinski definition) is 1. The molecule has 1 heterocycles. The van der Waals surface area contributed by atoms with E-state index in [0.717, 1.165) is 16.9 Å². The number of amides is 1. The van der Waals surface area contributed by atoms with Crippen LogP contribution in [0.1, 0.15) is 30.5 Å². The average Bonchev–Trinajstić information content (AvgIpc) is 2.97. The number of thioether (sulfide) groups is 1. The zero-order chi connectivity index (χ0) is 19.2. The summed E-state index contributed by atoms with van der Waals surface area (Å²) in [5.74, 6) is 0.802. The Morgan fingerprint density at radius 3 is 2.52 bits per heavy atom. The lowest BCUT2D eigenvalue weighted by molar-refractivity contribution is -0.118. The molecule has 0 unspecified atom stereocenters. The summed E-state index contributed by atoms with van der Waals surface area (Å²) in [5, 5.41) is 11.4. The molecule has 0 spiro atoms. The highest BCUT2D eigenvalue weighted by Gasteiger charge is 2.30. The van der Waals surface area contributed by atoms with Gasteiger partial charge in [-0.15, -0.1) is 5.10 Å². The van der Waals surface area contributed by atoms with Crippen LogP contribution in [-0.4, -0.2) is 28.6 Å². The van der Waals surface area contributed by atoms with Crippen molar-refractivity contribution in [2.45, 2.75) is 38.5 Å². The van der Waals surface area contributed by atoms with Crippen molar-refractivity contribution in [1.29, 1.82) is 0 Å². The Bertz CT molecular complexity index is 843. The molecule has 1 saturated heterocycles. The number of amidine groups is 1. The van der Waals surface area contributed by atoms with Crippen molar-refractivity contribution < 1.29 is 9.53 Å². The molecule has 6 heteroatoms. The molecule has 0 radical (unpaired) electrons. The molecular weight excluding hydrogens is 358 g/mol. The van der Waals surface area contributed by atoms with Gasteiger partial charge in [0.25, 0.3) is 0 Å². The van der Waals surface area contributed by atoms with Crippen LogP contribution in [-0.2, 0) is 11.2 Å². The molecule has 0 aromatic heterocycles. The van der Waals surface area contributed by atoms with Gasteiger partial charge in [-0.3, -0.25) is 4.79 Å². The molecule has 1 aliphatic heterocycles. The fourth-order valence-corrected chi connectivity index (χ4v) is 3.54. The number of rotatable bonds is 6. The van der Waals surface area contributed by atoms with E-state index in [4.69, 9.17) is 4.74 Å². The quantitative estimate of drug-likeness (QED) is 0.609. The number of benzene rings is 2. The molecule has 1 N–H and O–H groups in total. The maximum Gasteiger partial charge on any atom is 0.239 e. The van der Waals surface area contributed by atoms with E-state index >= 15 is 0 Å². The fraction of sp³-hybridized carbons (Fsp3) is 0.286. The zero-order valence-corrected chi connectivity index (χ0v) is 16.5. The Morgan fingerprint density at radius 1 is 1.15 bits per heavy atom. The van der Waals surface area contributed by atoms with E-state index in [2.05, 4.69) is 46.7 Å². The fourth-order valence-electron chi connectivity index (χ4n) is 2.58. The van der Waals surface area contributed by atoms with Gasteiger partial charge < -0.3 is 10.1 Å². The number of aryl methyl sites for hydroxylation is 1. The minimum Gasteiger partial charge on any atom is -0.491 e. The van der Waals surface area contributed by atoms with E-state index in [1.807, 2.05) is 38.1 Å². The summed E-state index contributed by atoms with van der Waals surface area (Å²) < 4.78 is 5.61. The molecule has 1 atom stereocenters. The lowest BCUT2D eigenvalue weighted by atomic mass is 10.1. The summed E-state index contributed by atoms with van der Waals surface area (Å²) in [5.41, 5.74) is 3.27. The van der Waals surface area contributed by atoms with Gasteiger partial charge in [-0.1, -0.05) is 41.6 Å². The SMILES string of the molecule is Cc1ccc(C[C@@H]2S/C(=N/N=C\c3ccc(OC(C)C)cc3)NC2=O)cc1. The Morgan fingerprint density at radius 2 is 1.85 bits per heavy atom. The number of ether oxygens (including phenoxy) is 1. The number of carbonyl (C=O) groups excluding carboxylic acids is 1. The molecule has 2 aromatic rings. The molecule has 2 aromatic carbocycles. The smallest absolute Gasteiger partial charge is 0.239 e. The predicted octanol–water partition coefficient (Wildman–Crippen LogP) is 3.95. The van der Waals surface area contributed by atoms with Crippen LogP contribution in [0.5, 0.6) is 5.75 Å². The lowest BCUT2D eigenvalue weighted by Gasteiger charge is -2.08. The van der Waals surface area contributed by atoms with Crippen LogP contribution in [0.25, 0.3) is 0 Å².